The van der Waals surface area contributed by atoms with Crippen molar-refractivity contribution >= 4 is 11.7 Å². The molecule has 0 aliphatic carbocycles. The van der Waals surface area contributed by atoms with Gasteiger partial charge in [-0.3, -0.25) is 0 Å². The molecule has 1 rings (SSSR count). The lowest BCUT2D eigenvalue weighted by Gasteiger charge is -2.24. The summed E-state index contributed by atoms with van der Waals surface area (Å²) in [6.45, 7) is 6.28. The lowest BCUT2D eigenvalue weighted by molar-refractivity contribution is 0.548. The fourth-order valence-electron chi connectivity index (χ4n) is 1.81. The van der Waals surface area contributed by atoms with Gasteiger partial charge in [-0.25, -0.2) is 0 Å². The van der Waals surface area contributed by atoms with Crippen molar-refractivity contribution in [2.75, 3.05) is 0 Å². The Morgan fingerprint density at radius 1 is 1.12 bits per heavy atom. The summed E-state index contributed by atoms with van der Waals surface area (Å²) in [5.74, 6) is -0.0122. The molecule has 0 aliphatic heterocycles. The molecule has 4 heteroatoms. The Balaban J connectivity index is 2.80. The minimum Gasteiger partial charge on any atom is -0.369 e. The van der Waals surface area contributed by atoms with Crippen molar-refractivity contribution in [3.05, 3.63) is 35.9 Å². The Morgan fingerprint density at radius 3 is 2.24 bits per heavy atom. The third-order valence-corrected chi connectivity index (χ3v) is 2.59. The Morgan fingerprint density at radius 2 is 1.71 bits per heavy atom. The largest absolute Gasteiger partial charge is 0.369 e. The molecule has 0 spiro atoms. The molecule has 0 heterocycles. The third-order valence-electron chi connectivity index (χ3n) is 2.59. The maximum atomic E-state index is 5.24. The summed E-state index contributed by atoms with van der Waals surface area (Å²) in [5, 5.41) is 7.65. The SMILES string of the molecule is C/C(CC(C)(C)c1ccccc1)=N\N=C(N)N. The molecular formula is C13H20N4. The first-order valence-electron chi connectivity index (χ1n) is 5.59. The normalized spacial score (nSPS) is 12.3. The topological polar surface area (TPSA) is 76.8 Å². The number of benzene rings is 1. The molecule has 0 atom stereocenters. The van der Waals surface area contributed by atoms with Crippen LogP contribution in [0.25, 0.3) is 0 Å². The van der Waals surface area contributed by atoms with Crippen LogP contribution in [-0.2, 0) is 5.41 Å². The molecule has 0 saturated carbocycles. The first kappa shape index (κ1) is 13.2. The molecule has 1 aromatic rings. The van der Waals surface area contributed by atoms with Crippen LogP contribution in [0.15, 0.2) is 40.5 Å². The van der Waals surface area contributed by atoms with E-state index < -0.39 is 0 Å². The van der Waals surface area contributed by atoms with E-state index in [1.54, 1.807) is 0 Å². The average Bonchev–Trinajstić information content (AvgIpc) is 2.27. The van der Waals surface area contributed by atoms with Crippen LogP contribution in [0.4, 0.5) is 0 Å². The lowest BCUT2D eigenvalue weighted by Crippen LogP contribution is -2.23. The second kappa shape index (κ2) is 5.48. The van der Waals surface area contributed by atoms with Gasteiger partial charge in [-0.15, -0.1) is 5.10 Å². The molecule has 0 amide bonds. The number of hydrogen-bond donors (Lipinski definition) is 2. The smallest absolute Gasteiger partial charge is 0.211 e. The number of hydrogen-bond acceptors (Lipinski definition) is 2. The zero-order valence-electron chi connectivity index (χ0n) is 10.6. The fraction of sp³-hybridized carbons (Fsp3) is 0.385. The summed E-state index contributed by atoms with van der Waals surface area (Å²) in [6, 6.07) is 10.3. The van der Waals surface area contributed by atoms with Crippen molar-refractivity contribution in [2.24, 2.45) is 21.7 Å². The highest BCUT2D eigenvalue weighted by Crippen LogP contribution is 2.27. The predicted octanol–water partition coefficient (Wildman–Crippen LogP) is 2.00. The van der Waals surface area contributed by atoms with Gasteiger partial charge >= 0.3 is 0 Å². The molecule has 0 saturated heterocycles. The van der Waals surface area contributed by atoms with Gasteiger partial charge in [0, 0.05) is 5.71 Å². The minimum atomic E-state index is -0.0122. The van der Waals surface area contributed by atoms with Gasteiger partial charge in [0.1, 0.15) is 0 Å². The fourth-order valence-corrected chi connectivity index (χ4v) is 1.81. The predicted molar refractivity (Wildman–Crippen MR) is 73.0 cm³/mol. The molecule has 0 unspecified atom stereocenters. The van der Waals surface area contributed by atoms with E-state index in [-0.39, 0.29) is 11.4 Å². The quantitative estimate of drug-likeness (QED) is 0.473. The first-order chi connectivity index (χ1) is 7.92. The van der Waals surface area contributed by atoms with E-state index in [0.717, 1.165) is 12.1 Å². The molecular weight excluding hydrogens is 212 g/mol. The summed E-state index contributed by atoms with van der Waals surface area (Å²) in [7, 11) is 0. The van der Waals surface area contributed by atoms with Crippen molar-refractivity contribution in [2.45, 2.75) is 32.6 Å². The number of nitrogens with two attached hydrogens (primary N) is 2. The van der Waals surface area contributed by atoms with Crippen LogP contribution in [-0.4, -0.2) is 11.7 Å². The Labute approximate surface area is 102 Å². The van der Waals surface area contributed by atoms with E-state index in [9.17, 15) is 0 Å². The maximum absolute atomic E-state index is 5.24. The summed E-state index contributed by atoms with van der Waals surface area (Å²) in [6.07, 6.45) is 0.813. The van der Waals surface area contributed by atoms with E-state index >= 15 is 0 Å². The first-order valence-corrected chi connectivity index (χ1v) is 5.59. The van der Waals surface area contributed by atoms with Crippen molar-refractivity contribution in [3.63, 3.8) is 0 Å². The Kier molecular flexibility index (Phi) is 4.26. The van der Waals surface area contributed by atoms with Crippen LogP contribution in [0.2, 0.25) is 0 Å². The van der Waals surface area contributed by atoms with E-state index in [1.807, 2.05) is 25.1 Å². The van der Waals surface area contributed by atoms with Gasteiger partial charge in [0.25, 0.3) is 0 Å². The van der Waals surface area contributed by atoms with Gasteiger partial charge in [0.2, 0.25) is 5.96 Å². The molecule has 1 aromatic carbocycles. The molecule has 0 aromatic heterocycles. The lowest BCUT2D eigenvalue weighted by atomic mass is 9.80. The average molecular weight is 232 g/mol. The van der Waals surface area contributed by atoms with Gasteiger partial charge in [0.15, 0.2) is 0 Å². The molecule has 92 valence electrons. The van der Waals surface area contributed by atoms with Gasteiger partial charge in [0.05, 0.1) is 0 Å². The van der Waals surface area contributed by atoms with E-state index in [1.165, 1.54) is 5.56 Å². The monoisotopic (exact) mass is 232 g/mol. The molecule has 17 heavy (non-hydrogen) atoms. The summed E-state index contributed by atoms with van der Waals surface area (Å²) >= 11 is 0. The Bertz CT molecular complexity index is 414. The highest BCUT2D eigenvalue weighted by atomic mass is 15.3. The molecule has 4 N–H and O–H groups in total. The second-order valence-electron chi connectivity index (χ2n) is 4.79. The van der Waals surface area contributed by atoms with Gasteiger partial charge in [-0.1, -0.05) is 44.2 Å². The van der Waals surface area contributed by atoms with Crippen LogP contribution in [0, 0.1) is 0 Å². The highest BCUT2D eigenvalue weighted by Gasteiger charge is 2.21. The van der Waals surface area contributed by atoms with E-state index in [4.69, 9.17) is 11.5 Å². The van der Waals surface area contributed by atoms with Crippen molar-refractivity contribution in [1.29, 1.82) is 0 Å². The third kappa shape index (κ3) is 4.26. The number of rotatable bonds is 4. The second-order valence-corrected chi connectivity index (χ2v) is 4.79. The van der Waals surface area contributed by atoms with Crippen LogP contribution in [0.5, 0.6) is 0 Å². The van der Waals surface area contributed by atoms with Crippen molar-refractivity contribution in [1.82, 2.24) is 0 Å². The molecule has 0 bridgehead atoms. The van der Waals surface area contributed by atoms with Gasteiger partial charge < -0.3 is 11.5 Å². The highest BCUT2D eigenvalue weighted by molar-refractivity contribution is 5.84. The maximum Gasteiger partial charge on any atom is 0.211 e. The minimum absolute atomic E-state index is 0.0122. The molecule has 0 radical (unpaired) electrons. The van der Waals surface area contributed by atoms with Crippen LogP contribution in [0.3, 0.4) is 0 Å². The van der Waals surface area contributed by atoms with Crippen LogP contribution < -0.4 is 11.5 Å². The Hall–Kier alpha value is -1.84. The van der Waals surface area contributed by atoms with Gasteiger partial charge in [-0.05, 0) is 24.3 Å². The zero-order chi connectivity index (χ0) is 12.9. The van der Waals surface area contributed by atoms with Crippen molar-refractivity contribution < 1.29 is 0 Å². The standard InChI is InChI=1S/C13H20N4/c1-10(16-17-12(14)15)9-13(2,3)11-7-5-4-6-8-11/h4-8H,9H2,1-3H3,(H4,14,15,17)/b16-10+. The molecule has 4 nitrogen and oxygen atoms in total. The van der Waals surface area contributed by atoms with E-state index in [2.05, 4.69) is 36.2 Å². The van der Waals surface area contributed by atoms with Crippen LogP contribution >= 0.6 is 0 Å². The molecule has 0 aliphatic rings. The summed E-state index contributed by atoms with van der Waals surface area (Å²) in [4.78, 5) is 0. The number of nitrogens with zero attached hydrogens (tertiary/aromatic N) is 2. The van der Waals surface area contributed by atoms with E-state index in [0.29, 0.717) is 0 Å². The molecule has 0 fully saturated rings. The summed E-state index contributed by atoms with van der Waals surface area (Å²) < 4.78 is 0. The summed E-state index contributed by atoms with van der Waals surface area (Å²) in [5.41, 5.74) is 12.7. The number of guanidine groups is 1. The zero-order valence-corrected chi connectivity index (χ0v) is 10.6. The van der Waals surface area contributed by atoms with Crippen LogP contribution in [0.1, 0.15) is 32.8 Å². The van der Waals surface area contributed by atoms with Gasteiger partial charge in [-0.2, -0.15) is 5.10 Å². The van der Waals surface area contributed by atoms with Crippen molar-refractivity contribution in [3.8, 4) is 0 Å².